The summed E-state index contributed by atoms with van der Waals surface area (Å²) in [6.07, 6.45) is 5.84. The van der Waals surface area contributed by atoms with Crippen molar-refractivity contribution >= 4 is 22.0 Å². The van der Waals surface area contributed by atoms with Crippen molar-refractivity contribution in [1.82, 2.24) is 19.2 Å². The number of nitrogens with one attached hydrogen (secondary N) is 1. The van der Waals surface area contributed by atoms with Crippen LogP contribution in [0.3, 0.4) is 0 Å². The summed E-state index contributed by atoms with van der Waals surface area (Å²) in [5.74, 6) is 0. The molecule has 0 aliphatic carbocycles. The highest BCUT2D eigenvalue weighted by Crippen LogP contribution is 2.17. The molecular formula is C11H13N5S. The molecule has 0 atom stereocenters. The minimum absolute atomic E-state index is 0.759. The van der Waals surface area contributed by atoms with Gasteiger partial charge in [0.05, 0.1) is 29.8 Å². The van der Waals surface area contributed by atoms with Gasteiger partial charge in [-0.05, 0) is 6.92 Å². The van der Waals surface area contributed by atoms with Crippen LogP contribution in [0.1, 0.15) is 11.4 Å². The minimum Gasteiger partial charge on any atom is -0.377 e. The number of hydrogen-bond acceptors (Lipinski definition) is 4. The topological polar surface area (TPSA) is 47.1 Å². The van der Waals surface area contributed by atoms with Crippen molar-refractivity contribution < 1.29 is 0 Å². The van der Waals surface area contributed by atoms with E-state index in [1.54, 1.807) is 16.0 Å². The van der Waals surface area contributed by atoms with Gasteiger partial charge in [0.2, 0.25) is 0 Å². The summed E-state index contributed by atoms with van der Waals surface area (Å²) in [6, 6.07) is 0. The first-order valence-electron chi connectivity index (χ1n) is 5.37. The van der Waals surface area contributed by atoms with Gasteiger partial charge in [-0.3, -0.25) is 9.08 Å². The Hall–Kier alpha value is -1.82. The fourth-order valence-corrected chi connectivity index (χ4v) is 2.63. The molecule has 6 heteroatoms. The van der Waals surface area contributed by atoms with Crippen molar-refractivity contribution in [2.24, 2.45) is 7.05 Å². The van der Waals surface area contributed by atoms with Crippen molar-refractivity contribution in [2.45, 2.75) is 13.5 Å². The van der Waals surface area contributed by atoms with Gasteiger partial charge in [-0.25, -0.2) is 4.98 Å². The summed E-state index contributed by atoms with van der Waals surface area (Å²) in [7, 11) is 1.91. The van der Waals surface area contributed by atoms with Crippen LogP contribution in [0.5, 0.6) is 0 Å². The largest absolute Gasteiger partial charge is 0.377 e. The third kappa shape index (κ3) is 1.80. The Balaban J connectivity index is 1.84. The third-order valence-electron chi connectivity index (χ3n) is 2.73. The van der Waals surface area contributed by atoms with E-state index in [0.29, 0.717) is 0 Å². The summed E-state index contributed by atoms with van der Waals surface area (Å²) in [4.78, 5) is 5.56. The van der Waals surface area contributed by atoms with E-state index >= 15 is 0 Å². The zero-order valence-electron chi connectivity index (χ0n) is 9.71. The fraction of sp³-hybridized carbons (Fsp3) is 0.273. The lowest BCUT2D eigenvalue weighted by atomic mass is 10.3. The second-order valence-electron chi connectivity index (χ2n) is 3.96. The molecule has 0 saturated carbocycles. The normalized spacial score (nSPS) is 11.2. The van der Waals surface area contributed by atoms with Gasteiger partial charge in [-0.1, -0.05) is 0 Å². The van der Waals surface area contributed by atoms with Gasteiger partial charge in [0.15, 0.2) is 4.96 Å². The molecule has 0 radical (unpaired) electrons. The van der Waals surface area contributed by atoms with Crippen LogP contribution in [0.2, 0.25) is 0 Å². The molecule has 0 saturated heterocycles. The van der Waals surface area contributed by atoms with Crippen LogP contribution in [0, 0.1) is 6.92 Å². The van der Waals surface area contributed by atoms with E-state index in [4.69, 9.17) is 0 Å². The van der Waals surface area contributed by atoms with E-state index < -0.39 is 0 Å². The van der Waals surface area contributed by atoms with Crippen molar-refractivity contribution in [1.29, 1.82) is 0 Å². The monoisotopic (exact) mass is 247 g/mol. The lowest BCUT2D eigenvalue weighted by Crippen LogP contribution is -2.02. The molecule has 0 aliphatic rings. The van der Waals surface area contributed by atoms with Crippen molar-refractivity contribution in [2.75, 3.05) is 5.32 Å². The highest BCUT2D eigenvalue weighted by molar-refractivity contribution is 7.15. The van der Waals surface area contributed by atoms with Gasteiger partial charge >= 0.3 is 0 Å². The number of imidazole rings is 1. The van der Waals surface area contributed by atoms with Gasteiger partial charge in [-0.2, -0.15) is 5.10 Å². The highest BCUT2D eigenvalue weighted by Gasteiger charge is 2.09. The predicted molar refractivity (Wildman–Crippen MR) is 68.3 cm³/mol. The highest BCUT2D eigenvalue weighted by atomic mass is 32.1. The van der Waals surface area contributed by atoms with E-state index in [1.165, 1.54) is 5.69 Å². The molecular weight excluding hydrogens is 234 g/mol. The number of aryl methyl sites for hydroxylation is 2. The number of aromatic nitrogens is 4. The van der Waals surface area contributed by atoms with Gasteiger partial charge in [0.25, 0.3) is 0 Å². The van der Waals surface area contributed by atoms with Gasteiger partial charge in [-0.15, -0.1) is 11.3 Å². The minimum atomic E-state index is 0.759. The Kier molecular flexibility index (Phi) is 2.36. The molecule has 0 aromatic carbocycles. The Bertz CT molecular complexity index is 648. The van der Waals surface area contributed by atoms with Crippen LogP contribution >= 0.6 is 11.3 Å². The zero-order chi connectivity index (χ0) is 11.8. The van der Waals surface area contributed by atoms with Crippen LogP contribution in [0.15, 0.2) is 24.0 Å². The first-order valence-corrected chi connectivity index (χ1v) is 6.25. The molecule has 3 heterocycles. The van der Waals surface area contributed by atoms with Crippen LogP contribution < -0.4 is 5.32 Å². The van der Waals surface area contributed by atoms with Crippen LogP contribution in [-0.4, -0.2) is 19.2 Å². The van der Waals surface area contributed by atoms with E-state index in [0.717, 1.165) is 22.9 Å². The fourth-order valence-electron chi connectivity index (χ4n) is 1.85. The maximum atomic E-state index is 4.51. The molecule has 0 fully saturated rings. The Morgan fingerprint density at radius 3 is 3.12 bits per heavy atom. The SMILES string of the molecule is Cc1nc2sccn2c1CNc1cnn(C)c1. The molecule has 0 bridgehead atoms. The molecule has 3 rings (SSSR count). The standard InChI is InChI=1S/C11H13N5S/c1-8-10(16-3-4-17-11(16)14-8)6-12-9-5-13-15(2)7-9/h3-5,7,12H,6H2,1-2H3. The Labute approximate surface area is 103 Å². The van der Waals surface area contributed by atoms with Crippen LogP contribution in [0.25, 0.3) is 4.96 Å². The maximum absolute atomic E-state index is 4.51. The van der Waals surface area contributed by atoms with E-state index in [2.05, 4.69) is 31.4 Å². The summed E-state index contributed by atoms with van der Waals surface area (Å²) in [6.45, 7) is 2.80. The molecule has 0 unspecified atom stereocenters. The third-order valence-corrected chi connectivity index (χ3v) is 3.48. The van der Waals surface area contributed by atoms with Crippen LogP contribution in [0.4, 0.5) is 5.69 Å². The summed E-state index contributed by atoms with van der Waals surface area (Å²) in [5.41, 5.74) is 3.30. The number of hydrogen-bond donors (Lipinski definition) is 1. The smallest absolute Gasteiger partial charge is 0.194 e. The van der Waals surface area contributed by atoms with E-state index in [-0.39, 0.29) is 0 Å². The quantitative estimate of drug-likeness (QED) is 0.770. The molecule has 3 aromatic rings. The van der Waals surface area contributed by atoms with Crippen molar-refractivity contribution in [3.63, 3.8) is 0 Å². The average Bonchev–Trinajstić information content (AvgIpc) is 2.93. The van der Waals surface area contributed by atoms with Crippen LogP contribution in [-0.2, 0) is 13.6 Å². The first kappa shape index (κ1) is 10.3. The number of rotatable bonds is 3. The first-order chi connectivity index (χ1) is 8.24. The molecule has 1 N–H and O–H groups in total. The number of thiazole rings is 1. The Morgan fingerprint density at radius 1 is 1.47 bits per heavy atom. The van der Waals surface area contributed by atoms with E-state index in [9.17, 15) is 0 Å². The number of fused-ring (bicyclic) bond motifs is 1. The summed E-state index contributed by atoms with van der Waals surface area (Å²) in [5, 5.41) is 9.53. The van der Waals surface area contributed by atoms with Crippen molar-refractivity contribution in [3.05, 3.63) is 35.4 Å². The summed E-state index contributed by atoms with van der Waals surface area (Å²) >= 11 is 1.66. The predicted octanol–water partition coefficient (Wildman–Crippen LogP) is 2.05. The summed E-state index contributed by atoms with van der Waals surface area (Å²) < 4.78 is 3.91. The van der Waals surface area contributed by atoms with Gasteiger partial charge < -0.3 is 5.32 Å². The lowest BCUT2D eigenvalue weighted by Gasteiger charge is -2.03. The molecule has 17 heavy (non-hydrogen) atoms. The Morgan fingerprint density at radius 2 is 2.35 bits per heavy atom. The molecule has 0 amide bonds. The van der Waals surface area contributed by atoms with E-state index in [1.807, 2.05) is 26.4 Å². The molecule has 3 aromatic heterocycles. The maximum Gasteiger partial charge on any atom is 0.194 e. The van der Waals surface area contributed by atoms with Gasteiger partial charge in [0.1, 0.15) is 0 Å². The average molecular weight is 247 g/mol. The number of anilines is 1. The number of nitrogens with zero attached hydrogens (tertiary/aromatic N) is 4. The second-order valence-corrected chi connectivity index (χ2v) is 4.83. The zero-order valence-corrected chi connectivity index (χ0v) is 10.5. The van der Waals surface area contributed by atoms with Gasteiger partial charge in [0, 0.05) is 24.8 Å². The molecule has 0 spiro atoms. The second kappa shape index (κ2) is 3.89. The molecule has 0 aliphatic heterocycles. The molecule has 88 valence electrons. The van der Waals surface area contributed by atoms with Crippen molar-refractivity contribution in [3.8, 4) is 0 Å². The molecule has 5 nitrogen and oxygen atoms in total. The lowest BCUT2D eigenvalue weighted by molar-refractivity contribution is 0.768.